The Balaban J connectivity index is 1.93. The topological polar surface area (TPSA) is 114 Å². The zero-order chi connectivity index (χ0) is 25.2. The molecule has 0 saturated heterocycles. The third-order valence-electron chi connectivity index (χ3n) is 5.09. The van der Waals surface area contributed by atoms with E-state index in [1.807, 2.05) is 0 Å². The number of aromatic carboxylic acids is 1. The summed E-state index contributed by atoms with van der Waals surface area (Å²) in [5, 5.41) is 25.0. The van der Waals surface area contributed by atoms with Crippen LogP contribution < -0.4 is 10.1 Å². The van der Waals surface area contributed by atoms with E-state index in [1.54, 1.807) is 6.92 Å². The monoisotopic (exact) mass is 477 g/mol. The molecular weight excluding hydrogens is 455 g/mol. The summed E-state index contributed by atoms with van der Waals surface area (Å²) in [6, 6.07) is 8.52. The lowest BCUT2D eigenvalue weighted by Crippen LogP contribution is -2.27. The first-order valence-corrected chi connectivity index (χ1v) is 10.1. The highest BCUT2D eigenvalue weighted by molar-refractivity contribution is 5.98. The van der Waals surface area contributed by atoms with Gasteiger partial charge in [0.15, 0.2) is 0 Å². The van der Waals surface area contributed by atoms with Gasteiger partial charge in [0, 0.05) is 12.6 Å². The number of ether oxygens (including phenoxy) is 1. The van der Waals surface area contributed by atoms with Crippen LogP contribution in [-0.2, 0) is 7.05 Å². The first-order valence-electron chi connectivity index (χ1n) is 10.1. The van der Waals surface area contributed by atoms with E-state index in [0.717, 1.165) is 10.7 Å². The van der Waals surface area contributed by atoms with Crippen LogP contribution in [0, 0.1) is 5.82 Å². The number of carbonyl (C=O) groups excluding carboxylic acids is 1. The highest BCUT2D eigenvalue weighted by Gasteiger charge is 2.30. The number of aryl methyl sites for hydroxylation is 1. The lowest BCUT2D eigenvalue weighted by atomic mass is 10.1. The molecule has 1 aromatic heterocycles. The van der Waals surface area contributed by atoms with Crippen LogP contribution in [0.4, 0.5) is 13.2 Å². The van der Waals surface area contributed by atoms with Gasteiger partial charge in [-0.25, -0.2) is 22.6 Å². The Labute approximate surface area is 192 Å². The second-order valence-corrected chi connectivity index (χ2v) is 7.57. The van der Waals surface area contributed by atoms with Gasteiger partial charge < -0.3 is 20.3 Å². The zero-order valence-electron chi connectivity index (χ0n) is 18.4. The fraction of sp³-hybridized carbons (Fsp3) is 0.261. The highest BCUT2D eigenvalue weighted by Crippen LogP contribution is 2.34. The molecule has 11 heteroatoms. The Morgan fingerprint density at radius 3 is 2.32 bits per heavy atom. The summed E-state index contributed by atoms with van der Waals surface area (Å²) >= 11 is 0. The van der Waals surface area contributed by atoms with Gasteiger partial charge >= 0.3 is 5.97 Å². The van der Waals surface area contributed by atoms with Crippen molar-refractivity contribution in [1.29, 1.82) is 0 Å². The number of aliphatic hydroxyl groups is 1. The van der Waals surface area contributed by atoms with Gasteiger partial charge in [0.05, 0.1) is 17.7 Å². The SMILES string of the molecule is CC(O)c1cc(Oc2c(C(=O)NC(C)c3ccc(C(=O)O)cc3)c(C(F)F)nn2C)ccc1F. The van der Waals surface area contributed by atoms with Crippen LogP contribution in [0.5, 0.6) is 11.6 Å². The van der Waals surface area contributed by atoms with E-state index >= 15 is 0 Å². The van der Waals surface area contributed by atoms with Crippen molar-refractivity contribution in [2.75, 3.05) is 0 Å². The molecule has 1 amide bonds. The van der Waals surface area contributed by atoms with E-state index in [2.05, 4.69) is 10.4 Å². The summed E-state index contributed by atoms with van der Waals surface area (Å²) < 4.78 is 47.8. The smallest absolute Gasteiger partial charge is 0.335 e. The normalized spacial score (nSPS) is 12.9. The molecule has 0 aliphatic carbocycles. The van der Waals surface area contributed by atoms with Gasteiger partial charge in [-0.15, -0.1) is 0 Å². The van der Waals surface area contributed by atoms with Crippen molar-refractivity contribution in [1.82, 2.24) is 15.1 Å². The number of benzene rings is 2. The van der Waals surface area contributed by atoms with E-state index in [9.17, 15) is 27.9 Å². The van der Waals surface area contributed by atoms with Crippen molar-refractivity contribution in [3.05, 3.63) is 76.2 Å². The van der Waals surface area contributed by atoms with E-state index in [4.69, 9.17) is 9.84 Å². The number of nitrogens with one attached hydrogen (secondary N) is 1. The maximum atomic E-state index is 13.9. The lowest BCUT2D eigenvalue weighted by molar-refractivity contribution is 0.0696. The van der Waals surface area contributed by atoms with Crippen LogP contribution in [-0.4, -0.2) is 31.9 Å². The maximum absolute atomic E-state index is 13.9. The van der Waals surface area contributed by atoms with E-state index in [0.29, 0.717) is 5.56 Å². The highest BCUT2D eigenvalue weighted by atomic mass is 19.3. The molecule has 0 aliphatic rings. The van der Waals surface area contributed by atoms with Crippen LogP contribution in [0.15, 0.2) is 42.5 Å². The molecule has 1 heterocycles. The minimum absolute atomic E-state index is 0.00692. The number of carboxylic acid groups (broad SMARTS) is 1. The third kappa shape index (κ3) is 5.20. The number of carboxylic acids is 1. The second-order valence-electron chi connectivity index (χ2n) is 7.57. The summed E-state index contributed by atoms with van der Waals surface area (Å²) in [5.74, 6) is -2.98. The van der Waals surface area contributed by atoms with Crippen molar-refractivity contribution in [3.63, 3.8) is 0 Å². The fourth-order valence-electron chi connectivity index (χ4n) is 3.30. The molecule has 0 spiro atoms. The number of rotatable bonds is 8. The Bertz CT molecular complexity index is 1210. The van der Waals surface area contributed by atoms with Crippen molar-refractivity contribution in [2.45, 2.75) is 32.4 Å². The average Bonchev–Trinajstić information content (AvgIpc) is 3.11. The van der Waals surface area contributed by atoms with Crippen LogP contribution in [0.3, 0.4) is 0 Å². The minimum Gasteiger partial charge on any atom is -0.478 e. The van der Waals surface area contributed by atoms with Gasteiger partial charge in [-0.3, -0.25) is 4.79 Å². The predicted molar refractivity (Wildman–Crippen MR) is 115 cm³/mol. The van der Waals surface area contributed by atoms with Crippen LogP contribution in [0.2, 0.25) is 0 Å². The van der Waals surface area contributed by atoms with Crippen molar-refractivity contribution < 1.29 is 37.7 Å². The Hall–Kier alpha value is -3.86. The van der Waals surface area contributed by atoms with E-state index in [1.165, 1.54) is 50.4 Å². The number of amides is 1. The summed E-state index contributed by atoms with van der Waals surface area (Å²) in [5.41, 5.74) is -0.779. The largest absolute Gasteiger partial charge is 0.478 e. The number of alkyl halides is 2. The molecule has 0 saturated carbocycles. The van der Waals surface area contributed by atoms with Gasteiger partial charge in [-0.2, -0.15) is 5.10 Å². The van der Waals surface area contributed by atoms with E-state index in [-0.39, 0.29) is 22.8 Å². The number of hydrogen-bond donors (Lipinski definition) is 3. The molecule has 34 heavy (non-hydrogen) atoms. The van der Waals surface area contributed by atoms with Gasteiger partial charge in [0.1, 0.15) is 22.8 Å². The number of nitrogens with zero attached hydrogens (tertiary/aromatic N) is 2. The fourth-order valence-corrected chi connectivity index (χ4v) is 3.30. The van der Waals surface area contributed by atoms with Gasteiger partial charge in [0.25, 0.3) is 12.3 Å². The third-order valence-corrected chi connectivity index (χ3v) is 5.09. The molecule has 0 radical (unpaired) electrons. The standard InChI is InChI=1S/C23H22F3N3O5/c1-11(13-4-6-14(7-5-13)23(32)33)27-21(31)18-19(20(25)26)28-29(3)22(18)34-15-8-9-17(24)16(10-15)12(2)30/h4-12,20,30H,1-3H3,(H,27,31)(H,32,33). The maximum Gasteiger partial charge on any atom is 0.335 e. The summed E-state index contributed by atoms with van der Waals surface area (Å²) in [7, 11) is 1.31. The number of aliphatic hydroxyl groups excluding tert-OH is 1. The average molecular weight is 477 g/mol. The number of halogens is 3. The first kappa shape index (κ1) is 24.8. The van der Waals surface area contributed by atoms with Crippen molar-refractivity contribution in [3.8, 4) is 11.6 Å². The van der Waals surface area contributed by atoms with Crippen LogP contribution in [0.1, 0.15) is 70.0 Å². The number of carbonyl (C=O) groups is 2. The number of hydrogen-bond acceptors (Lipinski definition) is 5. The quantitative estimate of drug-likeness (QED) is 0.439. The summed E-state index contributed by atoms with van der Waals surface area (Å²) in [4.78, 5) is 24.0. The molecule has 3 N–H and O–H groups in total. The molecule has 180 valence electrons. The van der Waals surface area contributed by atoms with Gasteiger partial charge in [0.2, 0.25) is 5.88 Å². The van der Waals surface area contributed by atoms with Crippen molar-refractivity contribution >= 4 is 11.9 Å². The summed E-state index contributed by atoms with van der Waals surface area (Å²) in [6.45, 7) is 2.95. The van der Waals surface area contributed by atoms with Crippen molar-refractivity contribution in [2.24, 2.45) is 7.05 Å². The summed E-state index contributed by atoms with van der Waals surface area (Å²) in [6.07, 6.45) is -4.24. The molecule has 3 aromatic rings. The minimum atomic E-state index is -3.09. The Morgan fingerprint density at radius 2 is 1.76 bits per heavy atom. The Morgan fingerprint density at radius 1 is 1.12 bits per heavy atom. The molecule has 2 aromatic carbocycles. The molecule has 3 rings (SSSR count). The second kappa shape index (κ2) is 9.96. The molecule has 2 atom stereocenters. The molecule has 2 unspecified atom stereocenters. The molecule has 0 aliphatic heterocycles. The van der Waals surface area contributed by atoms with Gasteiger partial charge in [-0.1, -0.05) is 12.1 Å². The molecular formula is C23H22F3N3O5. The molecule has 0 fully saturated rings. The predicted octanol–water partition coefficient (Wildman–Crippen LogP) is 4.53. The zero-order valence-corrected chi connectivity index (χ0v) is 18.4. The van der Waals surface area contributed by atoms with Crippen LogP contribution in [0.25, 0.3) is 0 Å². The van der Waals surface area contributed by atoms with Gasteiger partial charge in [-0.05, 0) is 49.7 Å². The number of aromatic nitrogens is 2. The lowest BCUT2D eigenvalue weighted by Gasteiger charge is -2.16. The molecule has 0 bridgehead atoms. The van der Waals surface area contributed by atoms with Crippen LogP contribution >= 0.6 is 0 Å². The first-order chi connectivity index (χ1) is 16.0. The Kier molecular flexibility index (Phi) is 7.26. The van der Waals surface area contributed by atoms with E-state index < -0.39 is 47.5 Å². The molecule has 8 nitrogen and oxygen atoms in total.